The summed E-state index contributed by atoms with van der Waals surface area (Å²) < 4.78 is 34.7. The second kappa shape index (κ2) is 10.4. The Labute approximate surface area is 207 Å². The number of nitrogens with one attached hydrogen (secondary N) is 1. The molecule has 0 bridgehead atoms. The number of ketones is 1. The molecule has 0 saturated heterocycles. The molecule has 3 heterocycles. The Bertz CT molecular complexity index is 1360. The standard InChI is InChI=1S/C24H27N3O6S2/c1-14(28)4-5-16(29)10-19-13-26-24(34-19)20-9-15-8-18(11-21(32-2)23(15)27-20)33-17-6-7-22(25-12-17)35(3,30)31/h6-9,11-12,14,19,27-28H,4-5,10,13H2,1-3H3/t14-,19?/m0/s1. The van der Waals surface area contributed by atoms with E-state index in [0.29, 0.717) is 43.1 Å². The summed E-state index contributed by atoms with van der Waals surface area (Å²) in [5.74, 6) is 1.63. The molecule has 35 heavy (non-hydrogen) atoms. The van der Waals surface area contributed by atoms with E-state index >= 15 is 0 Å². The normalized spacial score (nSPS) is 16.8. The lowest BCUT2D eigenvalue weighted by Gasteiger charge is -2.09. The summed E-state index contributed by atoms with van der Waals surface area (Å²) in [7, 11) is -1.82. The van der Waals surface area contributed by atoms with Crippen LogP contribution in [0.2, 0.25) is 0 Å². The van der Waals surface area contributed by atoms with Crippen LogP contribution < -0.4 is 9.47 Å². The van der Waals surface area contributed by atoms with Gasteiger partial charge >= 0.3 is 0 Å². The van der Waals surface area contributed by atoms with Crippen LogP contribution in [-0.2, 0) is 14.6 Å². The molecular formula is C24H27N3O6S2. The third-order valence-electron chi connectivity index (χ3n) is 5.45. The van der Waals surface area contributed by atoms with E-state index in [1.807, 2.05) is 12.1 Å². The highest BCUT2D eigenvalue weighted by Crippen LogP contribution is 2.36. The van der Waals surface area contributed by atoms with Gasteiger partial charge in [0.2, 0.25) is 0 Å². The van der Waals surface area contributed by atoms with Gasteiger partial charge in [-0.2, -0.15) is 0 Å². The van der Waals surface area contributed by atoms with Crippen LogP contribution in [0.5, 0.6) is 17.2 Å². The number of carbonyl (C=O) groups excluding carboxylic acids is 1. The number of carbonyl (C=O) groups is 1. The van der Waals surface area contributed by atoms with Gasteiger partial charge in [0.15, 0.2) is 14.9 Å². The van der Waals surface area contributed by atoms with E-state index in [-0.39, 0.29) is 16.1 Å². The van der Waals surface area contributed by atoms with Crippen molar-refractivity contribution in [2.24, 2.45) is 4.99 Å². The summed E-state index contributed by atoms with van der Waals surface area (Å²) >= 11 is 1.57. The molecule has 0 aliphatic carbocycles. The van der Waals surface area contributed by atoms with Crippen molar-refractivity contribution in [1.82, 2.24) is 9.97 Å². The first-order valence-corrected chi connectivity index (χ1v) is 13.9. The maximum Gasteiger partial charge on any atom is 0.192 e. The summed E-state index contributed by atoms with van der Waals surface area (Å²) in [5, 5.41) is 11.1. The van der Waals surface area contributed by atoms with Crippen molar-refractivity contribution < 1.29 is 27.8 Å². The minimum Gasteiger partial charge on any atom is -0.494 e. The fourth-order valence-electron chi connectivity index (χ4n) is 3.70. The number of aliphatic imine (C=N–C) groups is 1. The van der Waals surface area contributed by atoms with Gasteiger partial charge in [-0.15, -0.1) is 0 Å². The molecule has 2 aromatic heterocycles. The number of thioether (sulfide) groups is 1. The molecule has 3 aromatic rings. The third kappa shape index (κ3) is 6.22. The molecule has 0 fully saturated rings. The minimum absolute atomic E-state index is 0.0223. The van der Waals surface area contributed by atoms with E-state index in [9.17, 15) is 18.3 Å². The zero-order chi connectivity index (χ0) is 25.2. The first kappa shape index (κ1) is 25.2. The lowest BCUT2D eigenvalue weighted by molar-refractivity contribution is -0.119. The van der Waals surface area contributed by atoms with E-state index in [1.165, 1.54) is 12.3 Å². The summed E-state index contributed by atoms with van der Waals surface area (Å²) in [6, 6.07) is 8.49. The Kier molecular flexibility index (Phi) is 7.48. The Balaban J connectivity index is 1.49. The molecule has 2 atom stereocenters. The summed E-state index contributed by atoms with van der Waals surface area (Å²) in [6.45, 7) is 2.25. The Morgan fingerprint density at radius 1 is 1.29 bits per heavy atom. The number of aromatic amines is 1. The average molecular weight is 518 g/mol. The van der Waals surface area contributed by atoms with Crippen molar-refractivity contribution in [3.63, 3.8) is 0 Å². The zero-order valence-corrected chi connectivity index (χ0v) is 21.3. The van der Waals surface area contributed by atoms with Crippen LogP contribution in [-0.4, -0.2) is 65.6 Å². The van der Waals surface area contributed by atoms with Gasteiger partial charge in [0, 0.05) is 35.8 Å². The average Bonchev–Trinajstić information content (AvgIpc) is 3.44. The second-order valence-electron chi connectivity index (χ2n) is 8.50. The molecule has 1 unspecified atom stereocenters. The Morgan fingerprint density at radius 2 is 2.09 bits per heavy atom. The van der Waals surface area contributed by atoms with Gasteiger partial charge in [-0.1, -0.05) is 11.8 Å². The van der Waals surface area contributed by atoms with Gasteiger partial charge in [-0.25, -0.2) is 13.4 Å². The first-order valence-electron chi connectivity index (χ1n) is 11.1. The van der Waals surface area contributed by atoms with Crippen molar-refractivity contribution in [1.29, 1.82) is 0 Å². The molecule has 0 saturated carbocycles. The summed E-state index contributed by atoms with van der Waals surface area (Å²) in [6.07, 6.45) is 3.28. The maximum atomic E-state index is 12.2. The van der Waals surface area contributed by atoms with E-state index in [1.54, 1.807) is 37.9 Å². The fraction of sp³-hybridized carbons (Fsp3) is 0.375. The number of methoxy groups -OCH3 is 1. The van der Waals surface area contributed by atoms with Gasteiger partial charge in [-0.05, 0) is 37.6 Å². The largest absolute Gasteiger partial charge is 0.494 e. The van der Waals surface area contributed by atoms with Gasteiger partial charge in [0.05, 0.1) is 37.2 Å². The smallest absolute Gasteiger partial charge is 0.192 e. The van der Waals surface area contributed by atoms with E-state index in [4.69, 9.17) is 9.47 Å². The number of hydrogen-bond acceptors (Lipinski definition) is 9. The molecule has 11 heteroatoms. The van der Waals surface area contributed by atoms with Crippen molar-refractivity contribution in [2.45, 2.75) is 42.6 Å². The van der Waals surface area contributed by atoms with Crippen molar-refractivity contribution in [2.75, 3.05) is 19.9 Å². The van der Waals surface area contributed by atoms with Crippen molar-refractivity contribution >= 4 is 43.3 Å². The third-order valence-corrected chi connectivity index (χ3v) is 7.68. The Hall–Kier alpha value is -2.89. The molecule has 186 valence electrons. The number of fused-ring (bicyclic) bond motifs is 1. The number of aliphatic hydroxyl groups excluding tert-OH is 1. The number of hydrogen-bond donors (Lipinski definition) is 2. The summed E-state index contributed by atoms with van der Waals surface area (Å²) in [5.41, 5.74) is 1.62. The molecule has 1 aromatic carbocycles. The topological polar surface area (TPSA) is 131 Å². The van der Waals surface area contributed by atoms with E-state index in [2.05, 4.69) is 15.0 Å². The first-order chi connectivity index (χ1) is 16.6. The van der Waals surface area contributed by atoms with Crippen LogP contribution in [0.15, 0.2) is 46.5 Å². The molecule has 1 aliphatic heterocycles. The maximum absolute atomic E-state index is 12.2. The van der Waals surface area contributed by atoms with E-state index in [0.717, 1.165) is 27.9 Å². The fourth-order valence-corrected chi connectivity index (χ4v) is 5.38. The molecule has 0 spiro atoms. The van der Waals surface area contributed by atoms with Crippen LogP contribution in [0.1, 0.15) is 31.9 Å². The number of rotatable bonds is 10. The summed E-state index contributed by atoms with van der Waals surface area (Å²) in [4.78, 5) is 24.1. The van der Waals surface area contributed by atoms with Crippen molar-refractivity contribution in [3.8, 4) is 17.2 Å². The quantitative estimate of drug-likeness (QED) is 0.416. The molecule has 4 rings (SSSR count). The number of Topliss-reactive ketones (excluding diaryl/α,β-unsaturated/α-hetero) is 1. The predicted molar refractivity (Wildman–Crippen MR) is 136 cm³/mol. The monoisotopic (exact) mass is 517 g/mol. The predicted octanol–water partition coefficient (Wildman–Crippen LogP) is 3.75. The number of aliphatic hydroxyl groups is 1. The second-order valence-corrected chi connectivity index (χ2v) is 11.7. The zero-order valence-electron chi connectivity index (χ0n) is 19.6. The molecular weight excluding hydrogens is 490 g/mol. The van der Waals surface area contributed by atoms with Gasteiger partial charge in [0.25, 0.3) is 0 Å². The SMILES string of the molecule is COc1cc(Oc2ccc(S(C)(=O)=O)nc2)cc2cc(C3=NCC(CC(=O)CC[C@H](C)O)S3)[nH]c12. The lowest BCUT2D eigenvalue weighted by atomic mass is 10.1. The van der Waals surface area contributed by atoms with Crippen LogP contribution in [0.25, 0.3) is 10.9 Å². The Morgan fingerprint density at radius 3 is 2.74 bits per heavy atom. The number of pyridine rings is 1. The van der Waals surface area contributed by atoms with Gasteiger partial charge < -0.3 is 19.6 Å². The lowest BCUT2D eigenvalue weighted by Crippen LogP contribution is -2.13. The number of benzene rings is 1. The van der Waals surface area contributed by atoms with Crippen LogP contribution >= 0.6 is 11.8 Å². The van der Waals surface area contributed by atoms with Crippen LogP contribution in [0, 0.1) is 0 Å². The number of sulfone groups is 1. The number of nitrogens with zero attached hydrogens (tertiary/aromatic N) is 2. The molecule has 0 radical (unpaired) electrons. The number of ether oxygens (including phenoxy) is 2. The minimum atomic E-state index is -3.39. The van der Waals surface area contributed by atoms with Gasteiger partial charge in [0.1, 0.15) is 28.1 Å². The highest BCUT2D eigenvalue weighted by molar-refractivity contribution is 8.15. The van der Waals surface area contributed by atoms with Gasteiger partial charge in [-0.3, -0.25) is 9.79 Å². The number of H-pyrrole nitrogens is 1. The molecule has 0 amide bonds. The highest BCUT2D eigenvalue weighted by Gasteiger charge is 2.25. The molecule has 1 aliphatic rings. The highest BCUT2D eigenvalue weighted by atomic mass is 32.2. The molecule has 2 N–H and O–H groups in total. The van der Waals surface area contributed by atoms with E-state index < -0.39 is 15.9 Å². The number of aromatic nitrogens is 2. The molecule has 9 nitrogen and oxygen atoms in total. The van der Waals surface area contributed by atoms with Crippen molar-refractivity contribution in [3.05, 3.63) is 42.2 Å². The van der Waals surface area contributed by atoms with Crippen LogP contribution in [0.3, 0.4) is 0 Å². The van der Waals surface area contributed by atoms with Crippen LogP contribution in [0.4, 0.5) is 0 Å².